The molecule has 4 aliphatic rings. The van der Waals surface area contributed by atoms with Crippen LogP contribution < -0.4 is 5.32 Å². The van der Waals surface area contributed by atoms with Gasteiger partial charge in [-0.25, -0.2) is 0 Å². The minimum absolute atomic E-state index is 0.105. The highest BCUT2D eigenvalue weighted by molar-refractivity contribution is 5.90. The molecule has 8 atom stereocenters. The number of benzene rings is 1. The maximum absolute atomic E-state index is 12.5. The molecule has 204 valence electrons. The Morgan fingerprint density at radius 1 is 0.946 bits per heavy atom. The Kier molecular flexibility index (Phi) is 8.15. The van der Waals surface area contributed by atoms with Crippen LogP contribution in [0.4, 0.5) is 5.69 Å². The number of rotatable bonds is 9. The van der Waals surface area contributed by atoms with Gasteiger partial charge < -0.3 is 10.4 Å². The van der Waals surface area contributed by atoms with E-state index in [9.17, 15) is 14.7 Å². The van der Waals surface area contributed by atoms with Crippen molar-refractivity contribution in [3.63, 3.8) is 0 Å². The first kappa shape index (κ1) is 26.9. The van der Waals surface area contributed by atoms with Crippen LogP contribution in [0.3, 0.4) is 0 Å². The lowest BCUT2D eigenvalue weighted by atomic mass is 9.42. The van der Waals surface area contributed by atoms with Gasteiger partial charge in [0.15, 0.2) is 0 Å². The summed E-state index contributed by atoms with van der Waals surface area (Å²) < 4.78 is 0. The summed E-state index contributed by atoms with van der Waals surface area (Å²) in [4.78, 5) is 24.6. The summed E-state index contributed by atoms with van der Waals surface area (Å²) >= 11 is 0. The molecule has 2 N–H and O–H groups in total. The minimum Gasteiger partial charge on any atom is -0.393 e. The molecule has 0 aliphatic heterocycles. The zero-order chi connectivity index (χ0) is 26.0. The highest BCUT2D eigenvalue weighted by atomic mass is 16.3. The standard InChI is InChI=1S/C33H49NO3/c1-32-19-17-26(35)22-24(32)21-23(31-27-15-16-29(36)33(27,2)20-18-28(31)32)11-7-4-3-5-10-14-30(37)34-25-12-8-6-9-13-25/h6,8-9,12-13,23-24,27-29,31,36H,3-5,7,10-11,14-22H2,1-2H3,(H,34,37)/t23?,24?,27-,28+,29?,31-,32-,33-/m0/s1. The Morgan fingerprint density at radius 3 is 2.49 bits per heavy atom. The fourth-order valence-corrected chi connectivity index (χ4v) is 9.46. The molecular weight excluding hydrogens is 458 g/mol. The molecule has 0 saturated heterocycles. The summed E-state index contributed by atoms with van der Waals surface area (Å²) in [6, 6.07) is 9.71. The Bertz CT molecular complexity index is 946. The molecule has 4 heteroatoms. The van der Waals surface area contributed by atoms with E-state index in [1.165, 1.54) is 51.4 Å². The average molecular weight is 508 g/mol. The van der Waals surface area contributed by atoms with Gasteiger partial charge in [-0.2, -0.15) is 0 Å². The molecule has 0 radical (unpaired) electrons. The molecule has 1 aromatic rings. The van der Waals surface area contributed by atoms with Gasteiger partial charge in [-0.05, 0) is 97.5 Å². The molecule has 5 rings (SSSR count). The molecular formula is C33H49NO3. The van der Waals surface area contributed by atoms with Crippen LogP contribution in [-0.4, -0.2) is 22.9 Å². The van der Waals surface area contributed by atoms with Crippen molar-refractivity contribution in [1.29, 1.82) is 0 Å². The van der Waals surface area contributed by atoms with Gasteiger partial charge in [-0.15, -0.1) is 0 Å². The van der Waals surface area contributed by atoms with Gasteiger partial charge in [-0.3, -0.25) is 9.59 Å². The van der Waals surface area contributed by atoms with E-state index < -0.39 is 0 Å². The van der Waals surface area contributed by atoms with E-state index in [0.29, 0.717) is 35.4 Å². The van der Waals surface area contributed by atoms with E-state index in [4.69, 9.17) is 0 Å². The van der Waals surface area contributed by atoms with Crippen LogP contribution in [0.2, 0.25) is 0 Å². The van der Waals surface area contributed by atoms with Crippen LogP contribution in [-0.2, 0) is 9.59 Å². The van der Waals surface area contributed by atoms with Crippen molar-refractivity contribution >= 4 is 17.4 Å². The minimum atomic E-state index is -0.128. The first-order chi connectivity index (χ1) is 17.8. The van der Waals surface area contributed by atoms with E-state index in [2.05, 4.69) is 19.2 Å². The summed E-state index contributed by atoms with van der Waals surface area (Å²) in [7, 11) is 0. The van der Waals surface area contributed by atoms with Gasteiger partial charge in [-0.1, -0.05) is 64.2 Å². The molecule has 1 amide bonds. The lowest BCUT2D eigenvalue weighted by Crippen LogP contribution is -2.57. The van der Waals surface area contributed by atoms with Crippen LogP contribution in [0, 0.1) is 40.4 Å². The highest BCUT2D eigenvalue weighted by Crippen LogP contribution is 2.67. The number of Topliss-reactive ketones (excluding diaryl/α,β-unsaturated/α-hetero) is 1. The molecule has 0 bridgehead atoms. The van der Waals surface area contributed by atoms with Gasteiger partial charge in [0.05, 0.1) is 6.10 Å². The van der Waals surface area contributed by atoms with Crippen LogP contribution in [0.25, 0.3) is 0 Å². The largest absolute Gasteiger partial charge is 0.393 e. The zero-order valence-electron chi connectivity index (χ0n) is 23.2. The molecule has 1 aromatic carbocycles. The van der Waals surface area contributed by atoms with Crippen molar-refractivity contribution in [2.24, 2.45) is 40.4 Å². The third kappa shape index (κ3) is 5.42. The number of fused-ring (bicyclic) bond motifs is 5. The average Bonchev–Trinajstić information content (AvgIpc) is 3.19. The monoisotopic (exact) mass is 507 g/mol. The second-order valence-electron chi connectivity index (χ2n) is 13.6. The van der Waals surface area contributed by atoms with Gasteiger partial charge in [0.1, 0.15) is 5.78 Å². The number of carbonyl (C=O) groups is 2. The lowest BCUT2D eigenvalue weighted by Gasteiger charge is -2.62. The third-order valence-electron chi connectivity index (χ3n) is 11.6. The maximum Gasteiger partial charge on any atom is 0.224 e. The number of unbranched alkanes of at least 4 members (excludes halogenated alkanes) is 4. The number of carbonyl (C=O) groups excluding carboxylic acids is 2. The zero-order valence-corrected chi connectivity index (χ0v) is 23.2. The summed E-state index contributed by atoms with van der Waals surface area (Å²) in [6.45, 7) is 4.91. The van der Waals surface area contributed by atoms with Crippen LogP contribution >= 0.6 is 0 Å². The molecule has 4 nitrogen and oxygen atoms in total. The molecule has 0 spiro atoms. The third-order valence-corrected chi connectivity index (χ3v) is 11.6. The Morgan fingerprint density at radius 2 is 1.68 bits per heavy atom. The molecule has 4 aliphatic carbocycles. The number of anilines is 1. The van der Waals surface area contributed by atoms with Crippen molar-refractivity contribution in [2.75, 3.05) is 5.32 Å². The first-order valence-electron chi connectivity index (χ1n) is 15.4. The molecule has 0 heterocycles. The predicted octanol–water partition coefficient (Wildman–Crippen LogP) is 7.55. The van der Waals surface area contributed by atoms with E-state index in [1.807, 2.05) is 30.3 Å². The Balaban J connectivity index is 1.13. The van der Waals surface area contributed by atoms with Crippen LogP contribution in [0.1, 0.15) is 110 Å². The van der Waals surface area contributed by atoms with Gasteiger partial charge in [0.25, 0.3) is 0 Å². The number of nitrogens with one attached hydrogen (secondary N) is 1. The lowest BCUT2D eigenvalue weighted by molar-refractivity contribution is -0.156. The number of aliphatic hydroxyl groups is 1. The Labute approximate surface area is 224 Å². The van der Waals surface area contributed by atoms with Crippen molar-refractivity contribution < 1.29 is 14.7 Å². The number of amides is 1. The van der Waals surface area contributed by atoms with Crippen LogP contribution in [0.15, 0.2) is 30.3 Å². The van der Waals surface area contributed by atoms with Crippen molar-refractivity contribution in [3.05, 3.63) is 30.3 Å². The van der Waals surface area contributed by atoms with Crippen molar-refractivity contribution in [3.8, 4) is 0 Å². The number of ketones is 1. The molecule has 0 aromatic heterocycles. The van der Waals surface area contributed by atoms with Crippen molar-refractivity contribution in [1.82, 2.24) is 0 Å². The number of aliphatic hydroxyl groups excluding tert-OH is 1. The van der Waals surface area contributed by atoms with E-state index in [-0.39, 0.29) is 17.4 Å². The predicted molar refractivity (Wildman–Crippen MR) is 149 cm³/mol. The van der Waals surface area contributed by atoms with E-state index in [0.717, 1.165) is 56.0 Å². The second kappa shape index (κ2) is 11.2. The van der Waals surface area contributed by atoms with E-state index in [1.54, 1.807) is 0 Å². The quantitative estimate of drug-likeness (QED) is 0.339. The SMILES string of the molecule is C[C@]12CCC(=O)CC1CC(CCCCCCCC(=O)Nc1ccccc1)[C@@H]1[C@H]2CC[C@]2(C)C(O)CC[C@@H]12. The maximum atomic E-state index is 12.5. The molecule has 4 fully saturated rings. The smallest absolute Gasteiger partial charge is 0.224 e. The van der Waals surface area contributed by atoms with E-state index >= 15 is 0 Å². The number of hydrogen-bond acceptors (Lipinski definition) is 3. The molecule has 3 unspecified atom stereocenters. The fraction of sp³-hybridized carbons (Fsp3) is 0.758. The van der Waals surface area contributed by atoms with Crippen molar-refractivity contribution in [2.45, 2.75) is 116 Å². The normalized spacial score (nSPS) is 38.9. The van der Waals surface area contributed by atoms with Gasteiger partial charge in [0, 0.05) is 24.9 Å². The fourth-order valence-electron chi connectivity index (χ4n) is 9.46. The van der Waals surface area contributed by atoms with Crippen LogP contribution in [0.5, 0.6) is 0 Å². The summed E-state index contributed by atoms with van der Waals surface area (Å²) in [5, 5.41) is 13.9. The number of para-hydroxylation sites is 1. The second-order valence-corrected chi connectivity index (χ2v) is 13.6. The summed E-state index contributed by atoms with van der Waals surface area (Å²) in [6.07, 6.45) is 16.0. The summed E-state index contributed by atoms with van der Waals surface area (Å²) in [5.41, 5.74) is 1.31. The summed E-state index contributed by atoms with van der Waals surface area (Å²) in [5.74, 6) is 4.00. The Hall–Kier alpha value is -1.68. The molecule has 4 saturated carbocycles. The van der Waals surface area contributed by atoms with Gasteiger partial charge in [0.2, 0.25) is 5.91 Å². The number of hydrogen-bond donors (Lipinski definition) is 2. The topological polar surface area (TPSA) is 66.4 Å². The highest BCUT2D eigenvalue weighted by Gasteiger charge is 2.62. The van der Waals surface area contributed by atoms with Gasteiger partial charge >= 0.3 is 0 Å². The molecule has 37 heavy (non-hydrogen) atoms. The first-order valence-corrected chi connectivity index (χ1v) is 15.4.